The van der Waals surface area contributed by atoms with Gasteiger partial charge < -0.3 is 15.7 Å². The van der Waals surface area contributed by atoms with E-state index >= 15 is 0 Å². The molecule has 17 heavy (non-hydrogen) atoms. The molecule has 0 radical (unpaired) electrons. The van der Waals surface area contributed by atoms with Crippen molar-refractivity contribution in [3.63, 3.8) is 0 Å². The molecule has 90 valence electrons. The molecule has 2 rings (SSSR count). The predicted molar refractivity (Wildman–Crippen MR) is 64.2 cm³/mol. The SMILES string of the molecule is CC(=O)Nc1ccc2c(c1)C(C(=O)O)CCN2. The van der Waals surface area contributed by atoms with Crippen molar-refractivity contribution < 1.29 is 14.7 Å². The lowest BCUT2D eigenvalue weighted by molar-refractivity contribution is -0.139. The summed E-state index contributed by atoms with van der Waals surface area (Å²) < 4.78 is 0. The number of carboxylic acids is 1. The van der Waals surface area contributed by atoms with Crippen molar-refractivity contribution in [2.75, 3.05) is 17.2 Å². The van der Waals surface area contributed by atoms with Crippen molar-refractivity contribution >= 4 is 23.3 Å². The first kappa shape index (κ1) is 11.4. The normalized spacial score (nSPS) is 17.8. The third kappa shape index (κ3) is 2.38. The Morgan fingerprint density at radius 1 is 1.47 bits per heavy atom. The number of carbonyl (C=O) groups excluding carboxylic acids is 1. The molecule has 1 unspecified atom stereocenters. The highest BCUT2D eigenvalue weighted by Crippen LogP contribution is 2.33. The van der Waals surface area contributed by atoms with Gasteiger partial charge in [-0.2, -0.15) is 0 Å². The monoisotopic (exact) mass is 234 g/mol. The fourth-order valence-electron chi connectivity index (χ4n) is 2.06. The van der Waals surface area contributed by atoms with Gasteiger partial charge in [-0.3, -0.25) is 9.59 Å². The highest BCUT2D eigenvalue weighted by molar-refractivity contribution is 5.90. The van der Waals surface area contributed by atoms with E-state index in [9.17, 15) is 9.59 Å². The number of benzene rings is 1. The first-order valence-corrected chi connectivity index (χ1v) is 5.46. The van der Waals surface area contributed by atoms with Gasteiger partial charge in [0.25, 0.3) is 0 Å². The third-order valence-corrected chi connectivity index (χ3v) is 2.79. The van der Waals surface area contributed by atoms with Crippen LogP contribution in [0.5, 0.6) is 0 Å². The van der Waals surface area contributed by atoms with E-state index in [1.165, 1.54) is 6.92 Å². The van der Waals surface area contributed by atoms with Crippen LogP contribution in [0.3, 0.4) is 0 Å². The number of anilines is 2. The molecule has 0 saturated carbocycles. The lowest BCUT2D eigenvalue weighted by Crippen LogP contribution is -2.23. The molecule has 1 heterocycles. The summed E-state index contributed by atoms with van der Waals surface area (Å²) in [4.78, 5) is 22.1. The molecule has 1 aromatic carbocycles. The maximum Gasteiger partial charge on any atom is 0.311 e. The first-order chi connectivity index (χ1) is 8.08. The van der Waals surface area contributed by atoms with Crippen LogP contribution in [-0.4, -0.2) is 23.5 Å². The number of hydrogen-bond acceptors (Lipinski definition) is 3. The average Bonchev–Trinajstić information content (AvgIpc) is 2.27. The predicted octanol–water partition coefficient (Wildman–Crippen LogP) is 1.63. The Hall–Kier alpha value is -2.04. The molecule has 1 aromatic rings. The van der Waals surface area contributed by atoms with E-state index in [0.29, 0.717) is 18.7 Å². The van der Waals surface area contributed by atoms with Crippen molar-refractivity contribution in [2.24, 2.45) is 0 Å². The summed E-state index contributed by atoms with van der Waals surface area (Å²) in [6.45, 7) is 2.08. The number of amides is 1. The van der Waals surface area contributed by atoms with Gasteiger partial charge in [-0.25, -0.2) is 0 Å². The van der Waals surface area contributed by atoms with Crippen LogP contribution in [0.4, 0.5) is 11.4 Å². The number of carbonyl (C=O) groups is 2. The zero-order chi connectivity index (χ0) is 12.4. The molecule has 5 nitrogen and oxygen atoms in total. The van der Waals surface area contributed by atoms with Crippen LogP contribution in [0, 0.1) is 0 Å². The van der Waals surface area contributed by atoms with Crippen molar-refractivity contribution in [3.05, 3.63) is 23.8 Å². The van der Waals surface area contributed by atoms with E-state index < -0.39 is 11.9 Å². The van der Waals surface area contributed by atoms with Gasteiger partial charge in [-0.15, -0.1) is 0 Å². The molecule has 5 heteroatoms. The Kier molecular flexibility index (Phi) is 2.99. The van der Waals surface area contributed by atoms with Crippen LogP contribution in [0.1, 0.15) is 24.8 Å². The molecule has 0 spiro atoms. The molecule has 0 fully saturated rings. The van der Waals surface area contributed by atoms with Gasteiger partial charge in [0.05, 0.1) is 5.92 Å². The van der Waals surface area contributed by atoms with Crippen molar-refractivity contribution in [2.45, 2.75) is 19.3 Å². The lowest BCUT2D eigenvalue weighted by atomic mass is 9.91. The summed E-state index contributed by atoms with van der Waals surface area (Å²) >= 11 is 0. The molecule has 0 aliphatic carbocycles. The van der Waals surface area contributed by atoms with Crippen LogP contribution in [0.15, 0.2) is 18.2 Å². The molecule has 0 aromatic heterocycles. The topological polar surface area (TPSA) is 78.4 Å². The third-order valence-electron chi connectivity index (χ3n) is 2.79. The van der Waals surface area contributed by atoms with Gasteiger partial charge in [0.1, 0.15) is 0 Å². The van der Waals surface area contributed by atoms with E-state index in [1.54, 1.807) is 18.2 Å². The van der Waals surface area contributed by atoms with Gasteiger partial charge in [0, 0.05) is 24.8 Å². The molecule has 1 aliphatic heterocycles. The summed E-state index contributed by atoms with van der Waals surface area (Å²) in [5, 5.41) is 14.9. The highest BCUT2D eigenvalue weighted by Gasteiger charge is 2.26. The molecule has 1 atom stereocenters. The number of nitrogens with one attached hydrogen (secondary N) is 2. The largest absolute Gasteiger partial charge is 0.481 e. The lowest BCUT2D eigenvalue weighted by Gasteiger charge is -2.24. The van der Waals surface area contributed by atoms with Gasteiger partial charge in [0.15, 0.2) is 0 Å². The maximum absolute atomic E-state index is 11.1. The highest BCUT2D eigenvalue weighted by atomic mass is 16.4. The molecular formula is C12H14N2O3. The Bertz CT molecular complexity index is 471. The number of aliphatic carboxylic acids is 1. The van der Waals surface area contributed by atoms with Crippen LogP contribution >= 0.6 is 0 Å². The molecular weight excluding hydrogens is 220 g/mol. The van der Waals surface area contributed by atoms with Crippen LogP contribution in [0.2, 0.25) is 0 Å². The Balaban J connectivity index is 2.36. The summed E-state index contributed by atoms with van der Waals surface area (Å²) in [5.74, 6) is -1.49. The van der Waals surface area contributed by atoms with Gasteiger partial charge in [-0.1, -0.05) is 0 Å². The second-order valence-electron chi connectivity index (χ2n) is 4.09. The van der Waals surface area contributed by atoms with Gasteiger partial charge in [0.2, 0.25) is 5.91 Å². The number of carboxylic acid groups (broad SMARTS) is 1. The second-order valence-corrected chi connectivity index (χ2v) is 4.09. The van der Waals surface area contributed by atoms with Crippen molar-refractivity contribution in [1.82, 2.24) is 0 Å². The molecule has 1 aliphatic rings. The Labute approximate surface area is 98.8 Å². The summed E-state index contributed by atoms with van der Waals surface area (Å²) in [5.41, 5.74) is 2.19. The van der Waals surface area contributed by atoms with Crippen molar-refractivity contribution in [1.29, 1.82) is 0 Å². The maximum atomic E-state index is 11.1. The quantitative estimate of drug-likeness (QED) is 0.726. The standard InChI is InChI=1S/C12H14N2O3/c1-7(15)14-8-2-3-11-10(6-8)9(12(16)17)4-5-13-11/h2-3,6,9,13H,4-5H2,1H3,(H,14,15)(H,16,17). The molecule has 3 N–H and O–H groups in total. The molecule has 0 saturated heterocycles. The van der Waals surface area contributed by atoms with Gasteiger partial charge >= 0.3 is 5.97 Å². The van der Waals surface area contributed by atoms with Crippen molar-refractivity contribution in [3.8, 4) is 0 Å². The summed E-state index contributed by atoms with van der Waals surface area (Å²) in [6, 6.07) is 5.29. The smallest absolute Gasteiger partial charge is 0.311 e. The van der Waals surface area contributed by atoms with Crippen LogP contribution < -0.4 is 10.6 Å². The molecule has 0 bridgehead atoms. The van der Waals surface area contributed by atoms with E-state index in [4.69, 9.17) is 5.11 Å². The average molecular weight is 234 g/mol. The fourth-order valence-corrected chi connectivity index (χ4v) is 2.06. The summed E-state index contributed by atoms with van der Waals surface area (Å²) in [6.07, 6.45) is 0.561. The van der Waals surface area contributed by atoms with E-state index in [1.807, 2.05) is 0 Å². The minimum atomic E-state index is -0.826. The van der Waals surface area contributed by atoms with E-state index in [0.717, 1.165) is 11.3 Å². The minimum absolute atomic E-state index is 0.166. The second kappa shape index (κ2) is 4.45. The minimum Gasteiger partial charge on any atom is -0.481 e. The first-order valence-electron chi connectivity index (χ1n) is 5.46. The number of fused-ring (bicyclic) bond motifs is 1. The van der Waals surface area contributed by atoms with Crippen LogP contribution in [-0.2, 0) is 9.59 Å². The van der Waals surface area contributed by atoms with Crippen LogP contribution in [0.25, 0.3) is 0 Å². The Morgan fingerprint density at radius 2 is 2.24 bits per heavy atom. The Morgan fingerprint density at radius 3 is 2.88 bits per heavy atom. The molecule has 1 amide bonds. The number of hydrogen-bond donors (Lipinski definition) is 3. The van der Waals surface area contributed by atoms with Gasteiger partial charge in [-0.05, 0) is 30.2 Å². The zero-order valence-electron chi connectivity index (χ0n) is 9.49. The number of rotatable bonds is 2. The zero-order valence-corrected chi connectivity index (χ0v) is 9.49. The van der Waals surface area contributed by atoms with E-state index in [-0.39, 0.29) is 5.91 Å². The fraction of sp³-hybridized carbons (Fsp3) is 0.333. The van der Waals surface area contributed by atoms with E-state index in [2.05, 4.69) is 10.6 Å². The summed E-state index contributed by atoms with van der Waals surface area (Å²) in [7, 11) is 0.